The van der Waals surface area contributed by atoms with E-state index in [2.05, 4.69) is 10.6 Å². The number of halogens is 2. The Labute approximate surface area is 157 Å². The summed E-state index contributed by atoms with van der Waals surface area (Å²) >= 11 is 11.8. The fraction of sp³-hybridized carbons (Fsp3) is 0.263. The molecule has 0 aliphatic heterocycles. The Morgan fingerprint density at radius 2 is 1.56 bits per heavy atom. The molecule has 0 saturated carbocycles. The van der Waals surface area contributed by atoms with Crippen LogP contribution in [0.15, 0.2) is 48.5 Å². The van der Waals surface area contributed by atoms with Gasteiger partial charge in [0.25, 0.3) is 0 Å². The Kier molecular flexibility index (Phi) is 6.45. The van der Waals surface area contributed by atoms with Crippen molar-refractivity contribution in [2.45, 2.75) is 20.3 Å². The monoisotopic (exact) mass is 378 g/mol. The molecule has 0 saturated heterocycles. The molecule has 0 aliphatic carbocycles. The number of carbonyl (C=O) groups is 2. The standard InChI is InChI=1S/C19H20Cl2N2O2/c1-19(2,17(24)22-9-8-13-6-4-3-5-7-13)18(25)23-16-11-14(20)10-15(21)12-16/h3-7,10-12H,8-9H2,1-2H3,(H,22,24)(H,23,25). The van der Waals surface area contributed by atoms with Gasteiger partial charge in [0, 0.05) is 22.3 Å². The lowest BCUT2D eigenvalue weighted by Gasteiger charge is -2.23. The van der Waals surface area contributed by atoms with Crippen LogP contribution in [0.25, 0.3) is 0 Å². The Morgan fingerprint density at radius 1 is 0.960 bits per heavy atom. The predicted octanol–water partition coefficient (Wildman–Crippen LogP) is 4.32. The molecule has 0 heterocycles. The summed E-state index contributed by atoms with van der Waals surface area (Å²) in [6, 6.07) is 14.6. The highest BCUT2D eigenvalue weighted by Crippen LogP contribution is 2.25. The van der Waals surface area contributed by atoms with Crippen molar-refractivity contribution in [2.24, 2.45) is 5.41 Å². The molecule has 2 amide bonds. The second kappa shape index (κ2) is 8.37. The van der Waals surface area contributed by atoms with Gasteiger partial charge in [-0.1, -0.05) is 53.5 Å². The van der Waals surface area contributed by atoms with Gasteiger partial charge in [0.1, 0.15) is 5.41 Å². The van der Waals surface area contributed by atoms with Crippen molar-refractivity contribution in [1.82, 2.24) is 5.32 Å². The number of hydrogen-bond acceptors (Lipinski definition) is 2. The van der Waals surface area contributed by atoms with Gasteiger partial charge >= 0.3 is 0 Å². The molecule has 0 fully saturated rings. The zero-order valence-electron chi connectivity index (χ0n) is 14.1. The Hall–Kier alpha value is -2.04. The molecule has 25 heavy (non-hydrogen) atoms. The number of anilines is 1. The number of rotatable bonds is 6. The highest BCUT2D eigenvalue weighted by atomic mass is 35.5. The summed E-state index contributed by atoms with van der Waals surface area (Å²) in [7, 11) is 0. The average molecular weight is 379 g/mol. The lowest BCUT2D eigenvalue weighted by atomic mass is 9.91. The third kappa shape index (κ3) is 5.48. The maximum Gasteiger partial charge on any atom is 0.239 e. The Balaban J connectivity index is 1.93. The molecule has 6 heteroatoms. The predicted molar refractivity (Wildman–Crippen MR) is 102 cm³/mol. The largest absolute Gasteiger partial charge is 0.355 e. The van der Waals surface area contributed by atoms with Gasteiger partial charge in [-0.3, -0.25) is 9.59 Å². The Bertz CT molecular complexity index is 741. The van der Waals surface area contributed by atoms with Crippen LogP contribution in [0, 0.1) is 5.41 Å². The van der Waals surface area contributed by atoms with Gasteiger partial charge in [-0.2, -0.15) is 0 Å². The van der Waals surface area contributed by atoms with E-state index in [-0.39, 0.29) is 5.91 Å². The van der Waals surface area contributed by atoms with Crippen molar-refractivity contribution >= 4 is 40.7 Å². The summed E-state index contributed by atoms with van der Waals surface area (Å²) in [6.45, 7) is 3.61. The topological polar surface area (TPSA) is 58.2 Å². The lowest BCUT2D eigenvalue weighted by molar-refractivity contribution is -0.138. The van der Waals surface area contributed by atoms with Crippen LogP contribution in [0.5, 0.6) is 0 Å². The van der Waals surface area contributed by atoms with Crippen LogP contribution in [0.4, 0.5) is 5.69 Å². The van der Waals surface area contributed by atoms with E-state index in [1.807, 2.05) is 30.3 Å². The fourth-order valence-electron chi connectivity index (χ4n) is 2.20. The molecule has 0 bridgehead atoms. The molecular weight excluding hydrogens is 359 g/mol. The summed E-state index contributed by atoms with van der Waals surface area (Å²) in [5, 5.41) is 6.31. The van der Waals surface area contributed by atoms with E-state index in [4.69, 9.17) is 23.2 Å². The first-order valence-corrected chi connectivity index (χ1v) is 8.64. The highest BCUT2D eigenvalue weighted by molar-refractivity contribution is 6.35. The van der Waals surface area contributed by atoms with E-state index < -0.39 is 11.3 Å². The SMILES string of the molecule is CC(C)(C(=O)NCCc1ccccc1)C(=O)Nc1cc(Cl)cc(Cl)c1. The Morgan fingerprint density at radius 3 is 2.16 bits per heavy atom. The van der Waals surface area contributed by atoms with E-state index in [1.165, 1.54) is 0 Å². The normalized spacial score (nSPS) is 11.0. The molecule has 2 N–H and O–H groups in total. The fourth-order valence-corrected chi connectivity index (χ4v) is 2.73. The number of benzene rings is 2. The van der Waals surface area contributed by atoms with E-state index in [1.54, 1.807) is 32.0 Å². The number of amides is 2. The van der Waals surface area contributed by atoms with Crippen molar-refractivity contribution in [1.29, 1.82) is 0 Å². The van der Waals surface area contributed by atoms with E-state index in [9.17, 15) is 9.59 Å². The minimum atomic E-state index is -1.23. The van der Waals surface area contributed by atoms with Crippen molar-refractivity contribution < 1.29 is 9.59 Å². The zero-order valence-corrected chi connectivity index (χ0v) is 15.6. The van der Waals surface area contributed by atoms with Gasteiger partial charge < -0.3 is 10.6 Å². The minimum Gasteiger partial charge on any atom is -0.355 e. The van der Waals surface area contributed by atoms with Gasteiger partial charge in [0.15, 0.2) is 0 Å². The smallest absolute Gasteiger partial charge is 0.239 e. The second-order valence-corrected chi connectivity index (χ2v) is 7.10. The van der Waals surface area contributed by atoms with Gasteiger partial charge in [0.2, 0.25) is 11.8 Å². The highest BCUT2D eigenvalue weighted by Gasteiger charge is 2.35. The van der Waals surface area contributed by atoms with Crippen LogP contribution in [-0.4, -0.2) is 18.4 Å². The summed E-state index contributed by atoms with van der Waals surface area (Å²) < 4.78 is 0. The third-order valence-electron chi connectivity index (χ3n) is 3.80. The molecule has 4 nitrogen and oxygen atoms in total. The van der Waals surface area contributed by atoms with Gasteiger partial charge in [0.05, 0.1) is 0 Å². The van der Waals surface area contributed by atoms with Crippen molar-refractivity contribution in [2.75, 3.05) is 11.9 Å². The maximum atomic E-state index is 12.5. The van der Waals surface area contributed by atoms with E-state index >= 15 is 0 Å². The first kappa shape index (κ1) is 19.3. The van der Waals surface area contributed by atoms with Crippen LogP contribution in [0.1, 0.15) is 19.4 Å². The number of nitrogens with one attached hydrogen (secondary N) is 2. The van der Waals surface area contributed by atoms with Crippen LogP contribution >= 0.6 is 23.2 Å². The van der Waals surface area contributed by atoms with Crippen LogP contribution in [-0.2, 0) is 16.0 Å². The molecule has 0 radical (unpaired) electrons. The molecule has 2 aromatic rings. The average Bonchev–Trinajstić information content (AvgIpc) is 2.54. The van der Waals surface area contributed by atoms with Gasteiger partial charge in [-0.15, -0.1) is 0 Å². The summed E-state index contributed by atoms with van der Waals surface area (Å²) in [6.07, 6.45) is 0.703. The maximum absolute atomic E-state index is 12.5. The molecule has 0 aromatic heterocycles. The molecule has 0 aliphatic rings. The summed E-state index contributed by atoms with van der Waals surface area (Å²) in [4.78, 5) is 24.9. The molecule has 132 valence electrons. The lowest BCUT2D eigenvalue weighted by Crippen LogP contribution is -2.45. The number of hydrogen-bond donors (Lipinski definition) is 2. The van der Waals surface area contributed by atoms with Crippen LogP contribution in [0.3, 0.4) is 0 Å². The van der Waals surface area contributed by atoms with Gasteiger partial charge in [-0.05, 0) is 44.0 Å². The molecule has 0 unspecified atom stereocenters. The zero-order chi connectivity index (χ0) is 18.4. The molecule has 0 atom stereocenters. The van der Waals surface area contributed by atoms with E-state index in [0.29, 0.717) is 28.7 Å². The summed E-state index contributed by atoms with van der Waals surface area (Å²) in [5.74, 6) is -0.767. The van der Waals surface area contributed by atoms with Crippen molar-refractivity contribution in [3.05, 3.63) is 64.1 Å². The minimum absolute atomic E-state index is 0.339. The summed E-state index contributed by atoms with van der Waals surface area (Å²) in [5.41, 5.74) is 0.345. The van der Waals surface area contributed by atoms with Gasteiger partial charge in [-0.25, -0.2) is 0 Å². The van der Waals surface area contributed by atoms with Crippen LogP contribution < -0.4 is 10.6 Å². The first-order chi connectivity index (χ1) is 11.8. The van der Waals surface area contributed by atoms with E-state index in [0.717, 1.165) is 5.56 Å². The molecule has 0 spiro atoms. The van der Waals surface area contributed by atoms with Crippen molar-refractivity contribution in [3.63, 3.8) is 0 Å². The quantitative estimate of drug-likeness (QED) is 0.735. The first-order valence-electron chi connectivity index (χ1n) is 7.89. The molecular formula is C19H20Cl2N2O2. The second-order valence-electron chi connectivity index (χ2n) is 6.23. The third-order valence-corrected chi connectivity index (χ3v) is 4.23. The molecule has 2 rings (SSSR count). The molecule has 2 aromatic carbocycles. The van der Waals surface area contributed by atoms with Crippen molar-refractivity contribution in [3.8, 4) is 0 Å². The number of carbonyl (C=O) groups excluding carboxylic acids is 2. The van der Waals surface area contributed by atoms with Crippen LogP contribution in [0.2, 0.25) is 10.0 Å².